The van der Waals surface area contributed by atoms with E-state index >= 15 is 0 Å². The smallest absolute Gasteiger partial charge is 0.349 e. The van der Waals surface area contributed by atoms with Crippen molar-refractivity contribution in [3.05, 3.63) is 58.4 Å². The quantitative estimate of drug-likeness (QED) is 0.294. The molecule has 1 aromatic heterocycles. The third kappa shape index (κ3) is 5.35. The molecule has 0 spiro atoms. The van der Waals surface area contributed by atoms with Gasteiger partial charge in [0.1, 0.15) is 11.6 Å². The van der Waals surface area contributed by atoms with Crippen molar-refractivity contribution in [2.75, 3.05) is 25.6 Å². The summed E-state index contributed by atoms with van der Waals surface area (Å²) in [7, 11) is 3.86. The van der Waals surface area contributed by atoms with E-state index in [0.29, 0.717) is 11.1 Å². The number of hydrogen-bond donors (Lipinski definition) is 0. The van der Waals surface area contributed by atoms with Crippen molar-refractivity contribution in [2.45, 2.75) is 33.7 Å². The zero-order chi connectivity index (χ0) is 21.6. The summed E-state index contributed by atoms with van der Waals surface area (Å²) < 4.78 is 7.19. The lowest BCUT2D eigenvalue weighted by Gasteiger charge is -2.11. The molecule has 2 aromatic rings. The lowest BCUT2D eigenvalue weighted by Crippen LogP contribution is -2.16. The Morgan fingerprint density at radius 2 is 1.86 bits per heavy atom. The van der Waals surface area contributed by atoms with E-state index in [1.807, 2.05) is 69.2 Å². The second-order valence-corrected chi connectivity index (χ2v) is 7.09. The third-order valence-corrected chi connectivity index (χ3v) is 4.72. The molecule has 0 aliphatic heterocycles. The van der Waals surface area contributed by atoms with E-state index in [1.165, 1.54) is 6.08 Å². The predicted molar refractivity (Wildman–Crippen MR) is 114 cm³/mol. The molecule has 1 heterocycles. The van der Waals surface area contributed by atoms with E-state index in [1.54, 1.807) is 0 Å². The molecule has 152 valence electrons. The van der Waals surface area contributed by atoms with Crippen molar-refractivity contribution in [3.8, 4) is 6.07 Å². The molecule has 0 radical (unpaired) electrons. The molecule has 2 rings (SSSR count). The van der Waals surface area contributed by atoms with Crippen LogP contribution in [0.2, 0.25) is 0 Å². The van der Waals surface area contributed by atoms with Gasteiger partial charge in [-0.25, -0.2) is 4.79 Å². The summed E-state index contributed by atoms with van der Waals surface area (Å²) in [5.41, 5.74) is 3.98. The van der Waals surface area contributed by atoms with Gasteiger partial charge in [0.05, 0.1) is 0 Å². The van der Waals surface area contributed by atoms with Gasteiger partial charge in [0.2, 0.25) is 5.78 Å². The highest BCUT2D eigenvalue weighted by Crippen LogP contribution is 2.17. The van der Waals surface area contributed by atoms with Gasteiger partial charge in [-0.1, -0.05) is 19.1 Å². The second kappa shape index (κ2) is 9.74. The van der Waals surface area contributed by atoms with Gasteiger partial charge in [-0.3, -0.25) is 4.79 Å². The molecule has 0 amide bonds. The Hall–Kier alpha value is -3.33. The molecule has 6 heteroatoms. The number of ketones is 1. The van der Waals surface area contributed by atoms with E-state index < -0.39 is 12.6 Å². The number of benzene rings is 1. The van der Waals surface area contributed by atoms with Gasteiger partial charge in [0.15, 0.2) is 6.61 Å². The minimum Gasteiger partial charge on any atom is -0.453 e. The molecule has 0 fully saturated rings. The Bertz CT molecular complexity index is 960. The van der Waals surface area contributed by atoms with E-state index in [9.17, 15) is 14.9 Å². The van der Waals surface area contributed by atoms with Gasteiger partial charge in [-0.2, -0.15) is 5.26 Å². The maximum absolute atomic E-state index is 12.5. The monoisotopic (exact) mass is 393 g/mol. The zero-order valence-corrected chi connectivity index (χ0v) is 17.7. The summed E-state index contributed by atoms with van der Waals surface area (Å²) in [5.74, 6) is -1.08. The first-order valence-electron chi connectivity index (χ1n) is 9.54. The minimum absolute atomic E-state index is 0.146. The number of ether oxygens (including phenoxy) is 1. The van der Waals surface area contributed by atoms with Gasteiger partial charge in [0.25, 0.3) is 0 Å². The lowest BCUT2D eigenvalue weighted by atomic mass is 10.1. The minimum atomic E-state index is -0.806. The first-order valence-corrected chi connectivity index (χ1v) is 9.54. The number of aromatic nitrogens is 1. The Kier molecular flexibility index (Phi) is 7.38. The van der Waals surface area contributed by atoms with Crippen LogP contribution in [0.4, 0.5) is 5.69 Å². The standard InChI is InChI=1S/C23H27N3O3/c1-6-11-26-16(2)12-21(17(26)3)22(27)15-29-23(28)19(14-24)13-18-7-9-20(10-8-18)25(4)5/h7-10,12-13H,6,11,15H2,1-5H3/b19-13+. The normalized spacial score (nSPS) is 11.1. The molecular weight excluding hydrogens is 366 g/mol. The van der Waals surface area contributed by atoms with Gasteiger partial charge in [0, 0.05) is 43.3 Å². The number of anilines is 1. The molecule has 0 aliphatic rings. The van der Waals surface area contributed by atoms with Crippen molar-refractivity contribution >= 4 is 23.5 Å². The number of carbonyl (C=O) groups excluding carboxylic acids is 2. The number of Topliss-reactive ketones (excluding diaryl/α,β-unsaturated/α-hetero) is 1. The fourth-order valence-electron chi connectivity index (χ4n) is 3.11. The topological polar surface area (TPSA) is 75.3 Å². The molecule has 6 nitrogen and oxygen atoms in total. The number of hydrogen-bond acceptors (Lipinski definition) is 5. The number of rotatable bonds is 8. The molecule has 29 heavy (non-hydrogen) atoms. The van der Waals surface area contributed by atoms with Crippen LogP contribution in [0.15, 0.2) is 35.9 Å². The summed E-state index contributed by atoms with van der Waals surface area (Å²) in [6, 6.07) is 11.1. The number of carbonyl (C=O) groups is 2. The van der Waals surface area contributed by atoms with Crippen molar-refractivity contribution < 1.29 is 14.3 Å². The first-order chi connectivity index (χ1) is 13.8. The van der Waals surface area contributed by atoms with Crippen LogP contribution in [0.25, 0.3) is 6.08 Å². The van der Waals surface area contributed by atoms with Gasteiger partial charge in [-0.15, -0.1) is 0 Å². The predicted octanol–water partition coefficient (Wildman–Crippen LogP) is 3.91. The van der Waals surface area contributed by atoms with Crippen LogP contribution in [-0.2, 0) is 16.1 Å². The molecule has 0 bridgehead atoms. The van der Waals surface area contributed by atoms with E-state index in [0.717, 1.165) is 30.0 Å². The van der Waals surface area contributed by atoms with Crippen molar-refractivity contribution in [1.29, 1.82) is 5.26 Å². The molecule has 0 N–H and O–H groups in total. The van der Waals surface area contributed by atoms with Crippen LogP contribution < -0.4 is 4.90 Å². The Morgan fingerprint density at radius 3 is 2.41 bits per heavy atom. The largest absolute Gasteiger partial charge is 0.453 e. The van der Waals surface area contributed by atoms with Crippen molar-refractivity contribution in [2.24, 2.45) is 0 Å². The van der Waals surface area contributed by atoms with E-state index in [4.69, 9.17) is 4.74 Å². The van der Waals surface area contributed by atoms with Gasteiger partial charge >= 0.3 is 5.97 Å². The highest BCUT2D eigenvalue weighted by Gasteiger charge is 2.18. The van der Waals surface area contributed by atoms with Crippen LogP contribution >= 0.6 is 0 Å². The van der Waals surface area contributed by atoms with Gasteiger partial charge < -0.3 is 14.2 Å². The molecule has 0 atom stereocenters. The van der Waals surface area contributed by atoms with Crippen LogP contribution in [0.3, 0.4) is 0 Å². The van der Waals surface area contributed by atoms with Gasteiger partial charge in [-0.05, 0) is 50.1 Å². The maximum Gasteiger partial charge on any atom is 0.349 e. The van der Waals surface area contributed by atoms with E-state index in [2.05, 4.69) is 11.5 Å². The van der Waals surface area contributed by atoms with Crippen molar-refractivity contribution in [1.82, 2.24) is 4.57 Å². The molecule has 0 aliphatic carbocycles. The summed E-state index contributed by atoms with van der Waals surface area (Å²) in [4.78, 5) is 26.7. The summed E-state index contributed by atoms with van der Waals surface area (Å²) in [6.45, 7) is 6.34. The maximum atomic E-state index is 12.5. The molecular formula is C23H27N3O3. The number of nitrogens with zero attached hydrogens (tertiary/aromatic N) is 3. The number of aryl methyl sites for hydroxylation is 1. The summed E-state index contributed by atoms with van der Waals surface area (Å²) in [5, 5.41) is 9.31. The summed E-state index contributed by atoms with van der Waals surface area (Å²) in [6.07, 6.45) is 2.42. The fourth-order valence-corrected chi connectivity index (χ4v) is 3.11. The molecule has 0 saturated heterocycles. The Labute approximate surface area is 172 Å². The number of nitriles is 1. The fraction of sp³-hybridized carbons (Fsp3) is 0.348. The second-order valence-electron chi connectivity index (χ2n) is 7.09. The number of esters is 1. The molecule has 1 aromatic carbocycles. The Balaban J connectivity index is 2.07. The third-order valence-electron chi connectivity index (χ3n) is 4.72. The SMILES string of the molecule is CCCn1c(C)cc(C(=O)COC(=O)/C(C#N)=C/c2ccc(N(C)C)cc2)c1C. The van der Waals surface area contributed by atoms with Crippen LogP contribution in [0.1, 0.15) is 40.7 Å². The molecule has 0 saturated carbocycles. The van der Waals surface area contributed by atoms with Crippen molar-refractivity contribution in [3.63, 3.8) is 0 Å². The Morgan fingerprint density at radius 1 is 1.21 bits per heavy atom. The highest BCUT2D eigenvalue weighted by atomic mass is 16.5. The zero-order valence-electron chi connectivity index (χ0n) is 17.7. The average Bonchev–Trinajstić information content (AvgIpc) is 2.99. The van der Waals surface area contributed by atoms with Crippen LogP contribution in [-0.4, -0.2) is 37.0 Å². The summed E-state index contributed by atoms with van der Waals surface area (Å²) >= 11 is 0. The van der Waals surface area contributed by atoms with E-state index in [-0.39, 0.29) is 11.4 Å². The first kappa shape index (κ1) is 22.0. The molecule has 0 unspecified atom stereocenters. The van der Waals surface area contributed by atoms with Crippen LogP contribution in [0.5, 0.6) is 0 Å². The average molecular weight is 393 g/mol. The highest BCUT2D eigenvalue weighted by molar-refractivity contribution is 6.02. The van der Waals surface area contributed by atoms with Crippen LogP contribution in [0, 0.1) is 25.2 Å². The lowest BCUT2D eigenvalue weighted by molar-refractivity contribution is -0.137.